The molecule has 1 aliphatic carbocycles. The van der Waals surface area contributed by atoms with Gasteiger partial charge in [0, 0.05) is 64.9 Å². The molecule has 2 amide bonds. The van der Waals surface area contributed by atoms with Gasteiger partial charge in [-0.05, 0) is 25.7 Å². The highest BCUT2D eigenvalue weighted by Gasteiger charge is 2.38. The van der Waals surface area contributed by atoms with Gasteiger partial charge in [0.15, 0.2) is 0 Å². The zero-order valence-corrected chi connectivity index (χ0v) is 17.6. The van der Waals surface area contributed by atoms with Crippen LogP contribution in [0.4, 0.5) is 0 Å². The summed E-state index contributed by atoms with van der Waals surface area (Å²) >= 11 is 0. The number of carbonyl (C=O) groups is 2. The Morgan fingerprint density at radius 2 is 1.70 bits per heavy atom. The fraction of sp³-hybridized carbons (Fsp3) is 0.889. The summed E-state index contributed by atoms with van der Waals surface area (Å²) in [6.07, 6.45) is 4.75. The quantitative estimate of drug-likeness (QED) is 0.653. The van der Waals surface area contributed by atoms with E-state index < -0.39 is 5.41 Å². The minimum atomic E-state index is -0.452. The van der Waals surface area contributed by atoms with Gasteiger partial charge in [0.1, 0.15) is 0 Å². The zero-order chi connectivity index (χ0) is 17.7. The minimum Gasteiger partial charge on any atom is -0.381 e. The van der Waals surface area contributed by atoms with Crippen molar-refractivity contribution in [3.8, 4) is 0 Å². The molecule has 0 radical (unpaired) electrons. The van der Waals surface area contributed by atoms with Crippen LogP contribution in [0.3, 0.4) is 0 Å². The Morgan fingerprint density at radius 1 is 1.07 bits per heavy atom. The molecule has 2 aliphatic heterocycles. The van der Waals surface area contributed by atoms with E-state index in [1.807, 2.05) is 4.90 Å². The van der Waals surface area contributed by atoms with E-state index in [9.17, 15) is 9.59 Å². The lowest BCUT2D eigenvalue weighted by atomic mass is 9.79. The number of nitrogens with zero attached hydrogens (tertiary/aromatic N) is 2. The lowest BCUT2D eigenvalue weighted by Gasteiger charge is -2.38. The molecule has 158 valence electrons. The molecule has 0 atom stereocenters. The summed E-state index contributed by atoms with van der Waals surface area (Å²) < 4.78 is 5.36. The summed E-state index contributed by atoms with van der Waals surface area (Å²) in [4.78, 5) is 29.1. The van der Waals surface area contributed by atoms with Crippen molar-refractivity contribution in [2.45, 2.75) is 32.1 Å². The Hall–Kier alpha value is -0.600. The maximum Gasteiger partial charge on any atom is 0.227 e. The second-order valence-electron chi connectivity index (χ2n) is 7.65. The Morgan fingerprint density at radius 3 is 2.22 bits per heavy atom. The van der Waals surface area contributed by atoms with E-state index >= 15 is 0 Å². The molecule has 3 rings (SSSR count). The number of halogens is 2. The number of hydrogen-bond donors (Lipinski definition) is 2. The van der Waals surface area contributed by atoms with Crippen molar-refractivity contribution in [3.05, 3.63) is 0 Å². The van der Waals surface area contributed by atoms with Crippen molar-refractivity contribution >= 4 is 36.6 Å². The highest BCUT2D eigenvalue weighted by Crippen LogP contribution is 2.30. The summed E-state index contributed by atoms with van der Waals surface area (Å²) in [7, 11) is 0. The first-order valence-electron chi connectivity index (χ1n) is 9.72. The van der Waals surface area contributed by atoms with Crippen molar-refractivity contribution < 1.29 is 14.3 Å². The standard InChI is InChI=1S/C18H32N4O3.2ClH/c19-14-18(4-12-25-13-5-18)17(24)20-6-7-21-8-10-22(11-9-21)16(23)15-2-1-3-15;;/h15H,1-14,19H2,(H,20,24);2*1H. The number of ether oxygens (including phenoxy) is 1. The van der Waals surface area contributed by atoms with Crippen molar-refractivity contribution in [2.75, 3.05) is 59.0 Å². The number of carbonyl (C=O) groups excluding carboxylic acids is 2. The second-order valence-corrected chi connectivity index (χ2v) is 7.65. The second kappa shape index (κ2) is 11.4. The molecule has 0 aromatic heterocycles. The predicted molar refractivity (Wildman–Crippen MR) is 109 cm³/mol. The van der Waals surface area contributed by atoms with Gasteiger partial charge in [0.25, 0.3) is 0 Å². The highest BCUT2D eigenvalue weighted by atomic mass is 35.5. The van der Waals surface area contributed by atoms with Gasteiger partial charge < -0.3 is 20.7 Å². The summed E-state index contributed by atoms with van der Waals surface area (Å²) in [6, 6.07) is 0. The third-order valence-corrected chi connectivity index (χ3v) is 6.17. The van der Waals surface area contributed by atoms with E-state index in [-0.39, 0.29) is 36.6 Å². The fourth-order valence-electron chi connectivity index (χ4n) is 3.91. The number of rotatable bonds is 6. The Labute approximate surface area is 174 Å². The van der Waals surface area contributed by atoms with Crippen molar-refractivity contribution in [1.29, 1.82) is 0 Å². The van der Waals surface area contributed by atoms with E-state index in [1.54, 1.807) is 0 Å². The van der Waals surface area contributed by atoms with Crippen LogP contribution in [0.15, 0.2) is 0 Å². The van der Waals surface area contributed by atoms with Crippen LogP contribution in [-0.4, -0.2) is 80.6 Å². The van der Waals surface area contributed by atoms with Crippen LogP contribution in [0, 0.1) is 11.3 Å². The maximum absolute atomic E-state index is 12.5. The van der Waals surface area contributed by atoms with Gasteiger partial charge in [-0.2, -0.15) is 0 Å². The van der Waals surface area contributed by atoms with Crippen LogP contribution in [0.2, 0.25) is 0 Å². The predicted octanol–water partition coefficient (Wildman–Crippen LogP) is 0.646. The molecule has 3 aliphatic rings. The normalized spacial score (nSPS) is 22.8. The van der Waals surface area contributed by atoms with Crippen LogP contribution in [0.1, 0.15) is 32.1 Å². The first-order valence-corrected chi connectivity index (χ1v) is 9.72. The fourth-order valence-corrected chi connectivity index (χ4v) is 3.91. The Bertz CT molecular complexity index is 477. The van der Waals surface area contributed by atoms with E-state index in [0.29, 0.717) is 45.1 Å². The maximum atomic E-state index is 12.5. The van der Waals surface area contributed by atoms with E-state index in [1.165, 1.54) is 6.42 Å². The molecule has 3 N–H and O–H groups in total. The molecular formula is C18H34Cl2N4O3. The molecule has 2 saturated heterocycles. The molecule has 0 bridgehead atoms. The topological polar surface area (TPSA) is 87.9 Å². The molecule has 7 nitrogen and oxygen atoms in total. The molecule has 9 heteroatoms. The van der Waals surface area contributed by atoms with E-state index in [2.05, 4.69) is 10.2 Å². The number of hydrogen-bond acceptors (Lipinski definition) is 5. The summed E-state index contributed by atoms with van der Waals surface area (Å²) in [5, 5.41) is 3.07. The van der Waals surface area contributed by atoms with Gasteiger partial charge in [-0.25, -0.2) is 0 Å². The SMILES string of the molecule is Cl.Cl.NCC1(C(=O)NCCN2CCN(C(=O)C3CCC3)CC2)CCOCC1. The van der Waals surface area contributed by atoms with Crippen molar-refractivity contribution in [3.63, 3.8) is 0 Å². The average Bonchev–Trinajstić information content (AvgIpc) is 2.61. The van der Waals surface area contributed by atoms with Gasteiger partial charge in [-0.1, -0.05) is 6.42 Å². The van der Waals surface area contributed by atoms with Crippen LogP contribution in [-0.2, 0) is 14.3 Å². The van der Waals surface area contributed by atoms with E-state index in [4.69, 9.17) is 10.5 Å². The molecule has 0 spiro atoms. The number of piperazine rings is 1. The lowest BCUT2D eigenvalue weighted by molar-refractivity contribution is -0.139. The first-order chi connectivity index (χ1) is 12.1. The number of nitrogens with two attached hydrogens (primary N) is 1. The van der Waals surface area contributed by atoms with Gasteiger partial charge >= 0.3 is 0 Å². The Kier molecular flexibility index (Phi) is 10.3. The molecule has 27 heavy (non-hydrogen) atoms. The number of nitrogens with one attached hydrogen (secondary N) is 1. The average molecular weight is 425 g/mol. The smallest absolute Gasteiger partial charge is 0.227 e. The lowest BCUT2D eigenvalue weighted by Crippen LogP contribution is -2.53. The van der Waals surface area contributed by atoms with Crippen LogP contribution < -0.4 is 11.1 Å². The Balaban J connectivity index is 0.00000182. The molecule has 0 aromatic rings. The first kappa shape index (κ1) is 24.4. The van der Waals surface area contributed by atoms with Crippen LogP contribution >= 0.6 is 24.8 Å². The van der Waals surface area contributed by atoms with E-state index in [0.717, 1.165) is 45.6 Å². The van der Waals surface area contributed by atoms with Gasteiger partial charge in [-0.3, -0.25) is 14.5 Å². The van der Waals surface area contributed by atoms with Crippen LogP contribution in [0.25, 0.3) is 0 Å². The monoisotopic (exact) mass is 424 g/mol. The third kappa shape index (κ3) is 5.94. The zero-order valence-electron chi connectivity index (χ0n) is 16.0. The third-order valence-electron chi connectivity index (χ3n) is 6.17. The molecule has 0 aromatic carbocycles. The van der Waals surface area contributed by atoms with Gasteiger partial charge in [0.05, 0.1) is 5.41 Å². The number of amides is 2. The largest absolute Gasteiger partial charge is 0.381 e. The molecule has 2 heterocycles. The minimum absolute atomic E-state index is 0. The summed E-state index contributed by atoms with van der Waals surface area (Å²) in [5.74, 6) is 0.707. The van der Waals surface area contributed by atoms with Gasteiger partial charge in [0.2, 0.25) is 11.8 Å². The molecular weight excluding hydrogens is 391 g/mol. The summed E-state index contributed by atoms with van der Waals surface area (Å²) in [6.45, 7) is 6.48. The molecule has 1 saturated carbocycles. The van der Waals surface area contributed by atoms with Crippen LogP contribution in [0.5, 0.6) is 0 Å². The van der Waals surface area contributed by atoms with Crippen molar-refractivity contribution in [1.82, 2.24) is 15.1 Å². The molecule has 0 unspecified atom stereocenters. The van der Waals surface area contributed by atoms with Crippen molar-refractivity contribution in [2.24, 2.45) is 17.1 Å². The summed E-state index contributed by atoms with van der Waals surface area (Å²) in [5.41, 5.74) is 5.42. The van der Waals surface area contributed by atoms with Gasteiger partial charge in [-0.15, -0.1) is 24.8 Å². The highest BCUT2D eigenvalue weighted by molar-refractivity contribution is 5.85. The molecule has 3 fully saturated rings.